The van der Waals surface area contributed by atoms with Crippen molar-refractivity contribution >= 4 is 0 Å². The lowest BCUT2D eigenvalue weighted by Gasteiger charge is -2.49. The highest BCUT2D eigenvalue weighted by Gasteiger charge is 2.37. The largest absolute Gasteiger partial charge is 0.330 e. The number of rotatable bonds is 2. The van der Waals surface area contributed by atoms with Crippen molar-refractivity contribution in [2.24, 2.45) is 23.5 Å². The summed E-state index contributed by atoms with van der Waals surface area (Å²) >= 11 is 0. The van der Waals surface area contributed by atoms with E-state index in [9.17, 15) is 0 Å². The van der Waals surface area contributed by atoms with Gasteiger partial charge in [0.1, 0.15) is 0 Å². The first-order valence-electron chi connectivity index (χ1n) is 7.59. The van der Waals surface area contributed by atoms with Crippen LogP contribution < -0.4 is 5.73 Å². The summed E-state index contributed by atoms with van der Waals surface area (Å²) in [6.07, 6.45) is 6.96. The van der Waals surface area contributed by atoms with Crippen LogP contribution in [-0.2, 0) is 0 Å². The van der Waals surface area contributed by atoms with Crippen molar-refractivity contribution in [1.82, 2.24) is 4.90 Å². The van der Waals surface area contributed by atoms with Crippen molar-refractivity contribution in [3.05, 3.63) is 0 Å². The summed E-state index contributed by atoms with van der Waals surface area (Å²) in [4.78, 5) is 2.80. The first kappa shape index (κ1) is 13.4. The second kappa shape index (κ2) is 5.71. The van der Waals surface area contributed by atoms with Crippen LogP contribution in [-0.4, -0.2) is 30.1 Å². The molecule has 0 amide bonds. The minimum atomic E-state index is 0.743. The Kier molecular flexibility index (Phi) is 4.48. The van der Waals surface area contributed by atoms with E-state index in [0.29, 0.717) is 0 Å². The topological polar surface area (TPSA) is 29.3 Å². The molecule has 2 nitrogen and oxygen atoms in total. The summed E-state index contributed by atoms with van der Waals surface area (Å²) in [5.41, 5.74) is 5.88. The van der Waals surface area contributed by atoms with Gasteiger partial charge in [-0.2, -0.15) is 0 Å². The molecule has 1 aliphatic heterocycles. The van der Waals surface area contributed by atoms with Crippen LogP contribution in [0.5, 0.6) is 0 Å². The first-order valence-corrected chi connectivity index (χ1v) is 7.59. The van der Waals surface area contributed by atoms with E-state index in [0.717, 1.165) is 36.4 Å². The fourth-order valence-electron chi connectivity index (χ4n) is 4.14. The van der Waals surface area contributed by atoms with Crippen LogP contribution in [0.25, 0.3) is 0 Å². The molecule has 0 bridgehead atoms. The molecule has 2 rings (SSSR count). The Labute approximate surface area is 107 Å². The molecule has 1 heterocycles. The molecule has 2 N–H and O–H groups in total. The van der Waals surface area contributed by atoms with Gasteiger partial charge in [0.15, 0.2) is 0 Å². The van der Waals surface area contributed by atoms with Gasteiger partial charge in [0, 0.05) is 18.6 Å². The molecule has 0 aromatic carbocycles. The number of piperidine rings is 1. The van der Waals surface area contributed by atoms with Gasteiger partial charge in [-0.15, -0.1) is 0 Å². The lowest BCUT2D eigenvalue weighted by Crippen LogP contribution is -2.54. The molecule has 2 fully saturated rings. The van der Waals surface area contributed by atoms with Crippen molar-refractivity contribution in [3.8, 4) is 0 Å². The maximum Gasteiger partial charge on any atom is 0.0149 e. The quantitative estimate of drug-likeness (QED) is 0.801. The van der Waals surface area contributed by atoms with Gasteiger partial charge < -0.3 is 5.73 Å². The lowest BCUT2D eigenvalue weighted by atomic mass is 9.76. The molecule has 0 spiro atoms. The number of hydrogen-bond acceptors (Lipinski definition) is 2. The van der Waals surface area contributed by atoms with Crippen molar-refractivity contribution < 1.29 is 0 Å². The molecule has 17 heavy (non-hydrogen) atoms. The molecule has 0 aromatic heterocycles. The van der Waals surface area contributed by atoms with E-state index in [4.69, 9.17) is 5.73 Å². The van der Waals surface area contributed by atoms with Crippen LogP contribution in [0, 0.1) is 17.8 Å². The Balaban J connectivity index is 2.06. The third-order valence-corrected chi connectivity index (χ3v) is 5.23. The summed E-state index contributed by atoms with van der Waals surface area (Å²) in [6.45, 7) is 9.45. The Morgan fingerprint density at radius 3 is 2.24 bits per heavy atom. The van der Waals surface area contributed by atoms with Gasteiger partial charge in [0.2, 0.25) is 0 Å². The van der Waals surface area contributed by atoms with Crippen LogP contribution in [0.3, 0.4) is 0 Å². The summed E-state index contributed by atoms with van der Waals surface area (Å²) in [7, 11) is 0. The zero-order chi connectivity index (χ0) is 12.4. The number of nitrogens with two attached hydrogens (primary N) is 1. The minimum Gasteiger partial charge on any atom is -0.330 e. The average molecular weight is 238 g/mol. The molecule has 4 atom stereocenters. The van der Waals surface area contributed by atoms with Crippen LogP contribution in [0.15, 0.2) is 0 Å². The fourth-order valence-corrected chi connectivity index (χ4v) is 4.14. The molecule has 100 valence electrons. The minimum absolute atomic E-state index is 0.743. The predicted octanol–water partition coefficient (Wildman–Crippen LogP) is 2.87. The second-order valence-electron chi connectivity index (χ2n) is 6.60. The van der Waals surface area contributed by atoms with E-state index in [1.165, 1.54) is 38.6 Å². The van der Waals surface area contributed by atoms with Crippen molar-refractivity contribution in [3.63, 3.8) is 0 Å². The molecule has 0 aromatic rings. The SMILES string of the molecule is CC1CCCC(C)C1N1CC(CN)CCC1C. The number of likely N-dealkylation sites (tertiary alicyclic amines) is 1. The van der Waals surface area contributed by atoms with Crippen molar-refractivity contribution in [2.45, 2.75) is 65.0 Å². The van der Waals surface area contributed by atoms with E-state index >= 15 is 0 Å². The smallest absolute Gasteiger partial charge is 0.0149 e. The third-order valence-electron chi connectivity index (χ3n) is 5.23. The summed E-state index contributed by atoms with van der Waals surface area (Å²) in [5, 5.41) is 0. The van der Waals surface area contributed by atoms with Crippen LogP contribution >= 0.6 is 0 Å². The standard InChI is InChI=1S/C15H30N2/c1-11-5-4-6-12(2)15(11)17-10-14(9-16)8-7-13(17)3/h11-15H,4-10,16H2,1-3H3. The van der Waals surface area contributed by atoms with Gasteiger partial charge in [0.25, 0.3) is 0 Å². The number of nitrogens with zero attached hydrogens (tertiary/aromatic N) is 1. The maximum atomic E-state index is 5.88. The van der Waals surface area contributed by atoms with Gasteiger partial charge >= 0.3 is 0 Å². The lowest BCUT2D eigenvalue weighted by molar-refractivity contribution is 0.00299. The van der Waals surface area contributed by atoms with E-state index in [1.807, 2.05) is 0 Å². The zero-order valence-corrected chi connectivity index (χ0v) is 11.9. The van der Waals surface area contributed by atoms with Gasteiger partial charge in [-0.3, -0.25) is 4.90 Å². The molecular weight excluding hydrogens is 208 g/mol. The van der Waals surface area contributed by atoms with Gasteiger partial charge in [0.05, 0.1) is 0 Å². The fraction of sp³-hybridized carbons (Fsp3) is 1.00. The van der Waals surface area contributed by atoms with Gasteiger partial charge in [-0.05, 0) is 56.9 Å². The van der Waals surface area contributed by atoms with Crippen molar-refractivity contribution in [1.29, 1.82) is 0 Å². The normalized spacial score (nSPS) is 44.8. The summed E-state index contributed by atoms with van der Waals surface area (Å²) in [5.74, 6) is 2.49. The highest BCUT2D eigenvalue weighted by molar-refractivity contribution is 4.91. The Morgan fingerprint density at radius 1 is 1.00 bits per heavy atom. The average Bonchev–Trinajstić information content (AvgIpc) is 2.31. The molecule has 4 unspecified atom stereocenters. The molecule has 1 aliphatic carbocycles. The highest BCUT2D eigenvalue weighted by atomic mass is 15.2. The second-order valence-corrected chi connectivity index (χ2v) is 6.60. The molecule has 0 radical (unpaired) electrons. The van der Waals surface area contributed by atoms with Crippen LogP contribution in [0.4, 0.5) is 0 Å². The van der Waals surface area contributed by atoms with Crippen LogP contribution in [0.1, 0.15) is 52.9 Å². The molecule has 1 saturated carbocycles. The monoisotopic (exact) mass is 238 g/mol. The molecule has 2 heteroatoms. The zero-order valence-electron chi connectivity index (χ0n) is 11.9. The summed E-state index contributed by atoms with van der Waals surface area (Å²) in [6, 6.07) is 1.58. The molecule has 2 aliphatic rings. The summed E-state index contributed by atoms with van der Waals surface area (Å²) < 4.78 is 0. The van der Waals surface area contributed by atoms with Gasteiger partial charge in [-0.1, -0.05) is 20.3 Å². The maximum absolute atomic E-state index is 5.88. The third kappa shape index (κ3) is 2.85. The van der Waals surface area contributed by atoms with Crippen molar-refractivity contribution in [2.75, 3.05) is 13.1 Å². The number of hydrogen-bond donors (Lipinski definition) is 1. The van der Waals surface area contributed by atoms with E-state index in [-0.39, 0.29) is 0 Å². The predicted molar refractivity (Wildman–Crippen MR) is 73.9 cm³/mol. The molecular formula is C15H30N2. The highest BCUT2D eigenvalue weighted by Crippen LogP contribution is 2.36. The Hall–Kier alpha value is -0.0800. The first-order chi connectivity index (χ1) is 8.13. The van der Waals surface area contributed by atoms with E-state index < -0.39 is 0 Å². The Morgan fingerprint density at radius 2 is 1.65 bits per heavy atom. The van der Waals surface area contributed by atoms with Gasteiger partial charge in [-0.25, -0.2) is 0 Å². The van der Waals surface area contributed by atoms with Crippen LogP contribution in [0.2, 0.25) is 0 Å². The van der Waals surface area contributed by atoms with E-state index in [1.54, 1.807) is 0 Å². The molecule has 1 saturated heterocycles. The van der Waals surface area contributed by atoms with E-state index in [2.05, 4.69) is 25.7 Å². The Bertz CT molecular complexity index is 231.